The fraction of sp³-hybridized carbons (Fsp3) is 0.375. The quantitative estimate of drug-likeness (QED) is 0.925. The monoisotopic (exact) mass is 284 g/mol. The summed E-state index contributed by atoms with van der Waals surface area (Å²) in [5.41, 5.74) is 2.97. The lowest BCUT2D eigenvalue weighted by atomic mass is 10.3. The van der Waals surface area contributed by atoms with Gasteiger partial charge in [0.15, 0.2) is 0 Å². The molecule has 21 heavy (non-hydrogen) atoms. The number of likely N-dealkylation sites (N-methyl/N-ethyl adjacent to an activating group) is 1. The molecule has 2 aromatic rings. The fourth-order valence-corrected chi connectivity index (χ4v) is 2.71. The van der Waals surface area contributed by atoms with Crippen molar-refractivity contribution in [3.8, 4) is 0 Å². The summed E-state index contributed by atoms with van der Waals surface area (Å²) < 4.78 is 0. The summed E-state index contributed by atoms with van der Waals surface area (Å²) in [6.45, 7) is 5.13. The molecule has 110 valence electrons. The minimum Gasteiger partial charge on any atom is -0.373 e. The van der Waals surface area contributed by atoms with Crippen molar-refractivity contribution in [2.24, 2.45) is 0 Å². The van der Waals surface area contributed by atoms with Crippen molar-refractivity contribution in [2.75, 3.05) is 25.0 Å². The largest absolute Gasteiger partial charge is 0.373 e. The van der Waals surface area contributed by atoms with Crippen LogP contribution in [0.2, 0.25) is 0 Å². The molecule has 0 spiro atoms. The number of rotatable bonds is 4. The molecule has 5 heteroatoms. The van der Waals surface area contributed by atoms with Gasteiger partial charge in [0, 0.05) is 38.9 Å². The van der Waals surface area contributed by atoms with Crippen molar-refractivity contribution in [1.82, 2.24) is 14.9 Å². The van der Waals surface area contributed by atoms with Gasteiger partial charge in [-0.25, -0.2) is 4.98 Å². The van der Waals surface area contributed by atoms with Gasteiger partial charge >= 0.3 is 0 Å². The van der Waals surface area contributed by atoms with E-state index in [1.54, 1.807) is 0 Å². The van der Waals surface area contributed by atoms with Gasteiger partial charge in [-0.3, -0.25) is 9.69 Å². The van der Waals surface area contributed by atoms with Crippen molar-refractivity contribution in [3.05, 3.63) is 57.8 Å². The lowest BCUT2D eigenvalue weighted by Crippen LogP contribution is -2.30. The van der Waals surface area contributed by atoms with Crippen LogP contribution < -0.4 is 10.5 Å². The van der Waals surface area contributed by atoms with E-state index in [0.29, 0.717) is 12.4 Å². The molecule has 1 aromatic heterocycles. The van der Waals surface area contributed by atoms with Gasteiger partial charge in [-0.15, -0.1) is 0 Å². The van der Waals surface area contributed by atoms with Crippen LogP contribution in [0.5, 0.6) is 0 Å². The second kappa shape index (κ2) is 5.69. The Kier molecular flexibility index (Phi) is 3.75. The Morgan fingerprint density at radius 2 is 2.05 bits per heavy atom. The summed E-state index contributed by atoms with van der Waals surface area (Å²) in [5.74, 6) is 0.696. The maximum Gasteiger partial charge on any atom is 0.255 e. The minimum absolute atomic E-state index is 0.0106. The molecule has 0 amide bonds. The Morgan fingerprint density at radius 3 is 2.81 bits per heavy atom. The number of nitrogens with zero attached hydrogens (tertiary/aromatic N) is 3. The zero-order valence-electron chi connectivity index (χ0n) is 12.5. The van der Waals surface area contributed by atoms with Gasteiger partial charge in [-0.05, 0) is 19.1 Å². The lowest BCUT2D eigenvalue weighted by molar-refractivity contribution is 0.289. The molecule has 0 atom stereocenters. The van der Waals surface area contributed by atoms with Crippen molar-refractivity contribution in [2.45, 2.75) is 20.0 Å². The molecule has 0 unspecified atom stereocenters. The molecule has 0 saturated heterocycles. The van der Waals surface area contributed by atoms with Crippen LogP contribution in [-0.2, 0) is 13.1 Å². The molecular weight excluding hydrogens is 264 g/mol. The summed E-state index contributed by atoms with van der Waals surface area (Å²) in [4.78, 5) is 23.6. The van der Waals surface area contributed by atoms with E-state index in [2.05, 4.69) is 38.9 Å². The van der Waals surface area contributed by atoms with E-state index >= 15 is 0 Å². The van der Waals surface area contributed by atoms with Crippen LogP contribution in [0.15, 0.2) is 35.1 Å². The number of fused-ring (bicyclic) bond motifs is 1. The standard InChI is InChI=1S/C16H20N4O/c1-12-17-15-11-20(10-14(15)16(21)18-12)9-8-19(2)13-6-4-3-5-7-13/h3-7H,8-11H2,1-2H3,(H,17,18,21). The third-order valence-corrected chi connectivity index (χ3v) is 3.92. The number of benzene rings is 1. The summed E-state index contributed by atoms with van der Waals surface area (Å²) in [7, 11) is 2.09. The molecule has 1 aliphatic rings. The molecule has 0 saturated carbocycles. The molecule has 1 N–H and O–H groups in total. The predicted octanol–water partition coefficient (Wildman–Crippen LogP) is 1.53. The summed E-state index contributed by atoms with van der Waals surface area (Å²) >= 11 is 0. The van der Waals surface area contributed by atoms with Crippen molar-refractivity contribution < 1.29 is 0 Å². The zero-order chi connectivity index (χ0) is 14.8. The molecular formula is C16H20N4O. The molecule has 1 aromatic carbocycles. The Morgan fingerprint density at radius 1 is 1.29 bits per heavy atom. The first kappa shape index (κ1) is 13.8. The first-order valence-electron chi connectivity index (χ1n) is 7.20. The molecule has 0 aliphatic carbocycles. The molecule has 1 aliphatic heterocycles. The number of para-hydroxylation sites is 1. The normalized spacial score (nSPS) is 14.2. The van der Waals surface area contributed by atoms with E-state index in [1.165, 1.54) is 5.69 Å². The number of H-pyrrole nitrogens is 1. The second-order valence-corrected chi connectivity index (χ2v) is 5.54. The summed E-state index contributed by atoms with van der Waals surface area (Å²) in [6, 6.07) is 10.3. The number of hydrogen-bond donors (Lipinski definition) is 1. The first-order valence-corrected chi connectivity index (χ1v) is 7.20. The van der Waals surface area contributed by atoms with Gasteiger partial charge in [-0.2, -0.15) is 0 Å². The van der Waals surface area contributed by atoms with Crippen LogP contribution in [0.25, 0.3) is 0 Å². The molecule has 3 rings (SSSR count). The van der Waals surface area contributed by atoms with Gasteiger partial charge in [-0.1, -0.05) is 18.2 Å². The summed E-state index contributed by atoms with van der Waals surface area (Å²) in [6.07, 6.45) is 0. The van der Waals surface area contributed by atoms with E-state index in [0.717, 1.165) is 30.9 Å². The van der Waals surface area contributed by atoms with E-state index < -0.39 is 0 Å². The lowest BCUT2D eigenvalue weighted by Gasteiger charge is -2.22. The Labute approximate surface area is 124 Å². The number of hydrogen-bond acceptors (Lipinski definition) is 4. The van der Waals surface area contributed by atoms with Crippen LogP contribution >= 0.6 is 0 Å². The highest BCUT2D eigenvalue weighted by atomic mass is 16.1. The highest BCUT2D eigenvalue weighted by Crippen LogP contribution is 2.18. The third kappa shape index (κ3) is 2.97. The van der Waals surface area contributed by atoms with E-state index in [9.17, 15) is 4.79 Å². The first-order chi connectivity index (χ1) is 10.1. The van der Waals surface area contributed by atoms with Crippen LogP contribution in [0, 0.1) is 6.92 Å². The Hall–Kier alpha value is -2.14. The fourth-order valence-electron chi connectivity index (χ4n) is 2.71. The minimum atomic E-state index is 0.0106. The predicted molar refractivity (Wildman–Crippen MR) is 83.4 cm³/mol. The maximum absolute atomic E-state index is 11.9. The van der Waals surface area contributed by atoms with Gasteiger partial charge in [0.1, 0.15) is 5.82 Å². The van der Waals surface area contributed by atoms with Crippen LogP contribution in [-0.4, -0.2) is 35.0 Å². The van der Waals surface area contributed by atoms with Crippen LogP contribution in [0.1, 0.15) is 17.1 Å². The van der Waals surface area contributed by atoms with Gasteiger partial charge in [0.25, 0.3) is 5.56 Å². The topological polar surface area (TPSA) is 52.2 Å². The van der Waals surface area contributed by atoms with Gasteiger partial charge < -0.3 is 9.88 Å². The van der Waals surface area contributed by atoms with Crippen molar-refractivity contribution in [3.63, 3.8) is 0 Å². The number of nitrogens with one attached hydrogen (secondary N) is 1. The van der Waals surface area contributed by atoms with Crippen LogP contribution in [0.3, 0.4) is 0 Å². The van der Waals surface area contributed by atoms with E-state index in [-0.39, 0.29) is 5.56 Å². The van der Waals surface area contributed by atoms with Crippen LogP contribution in [0.4, 0.5) is 5.69 Å². The second-order valence-electron chi connectivity index (χ2n) is 5.54. The van der Waals surface area contributed by atoms with Crippen molar-refractivity contribution in [1.29, 1.82) is 0 Å². The maximum atomic E-state index is 11.9. The number of aromatic amines is 1. The average Bonchev–Trinajstić information content (AvgIpc) is 2.89. The molecule has 2 heterocycles. The number of aromatic nitrogens is 2. The smallest absolute Gasteiger partial charge is 0.255 e. The summed E-state index contributed by atoms with van der Waals surface area (Å²) in [5, 5.41) is 0. The van der Waals surface area contributed by atoms with Crippen molar-refractivity contribution >= 4 is 5.69 Å². The number of aryl methyl sites for hydroxylation is 1. The van der Waals surface area contributed by atoms with Gasteiger partial charge in [0.2, 0.25) is 0 Å². The highest BCUT2D eigenvalue weighted by Gasteiger charge is 2.23. The Bertz CT molecular complexity index is 680. The molecule has 0 radical (unpaired) electrons. The molecule has 5 nitrogen and oxygen atoms in total. The SMILES string of the molecule is Cc1nc2c(c(=O)[nH]1)CN(CCN(C)c1ccccc1)C2. The van der Waals surface area contributed by atoms with E-state index in [4.69, 9.17) is 0 Å². The Balaban J connectivity index is 1.62. The average molecular weight is 284 g/mol. The molecule has 0 fully saturated rings. The zero-order valence-corrected chi connectivity index (χ0v) is 12.5. The van der Waals surface area contributed by atoms with Gasteiger partial charge in [0.05, 0.1) is 11.3 Å². The third-order valence-electron chi connectivity index (χ3n) is 3.92. The molecule has 0 bridgehead atoms. The number of anilines is 1. The van der Waals surface area contributed by atoms with E-state index in [1.807, 2.05) is 25.1 Å². The highest BCUT2D eigenvalue weighted by molar-refractivity contribution is 5.44.